The molecule has 0 spiro atoms. The van der Waals surface area contributed by atoms with Crippen LogP contribution in [0.1, 0.15) is 22.5 Å². The quantitative estimate of drug-likeness (QED) is 0.876. The third-order valence-corrected chi connectivity index (χ3v) is 2.85. The molecule has 3 nitrogen and oxygen atoms in total. The zero-order chi connectivity index (χ0) is 12.4. The van der Waals surface area contributed by atoms with Crippen LogP contribution in [-0.4, -0.2) is 17.1 Å². The third kappa shape index (κ3) is 2.09. The second-order valence-electron chi connectivity index (χ2n) is 4.05. The highest BCUT2D eigenvalue weighted by molar-refractivity contribution is 5.77. The molecule has 2 rings (SSSR count). The van der Waals surface area contributed by atoms with Crippen LogP contribution in [0, 0.1) is 13.8 Å². The molecule has 0 aliphatic heterocycles. The van der Waals surface area contributed by atoms with Crippen LogP contribution in [0.3, 0.4) is 0 Å². The standard InChI is InChI=1S/C14H16N2O/c1-9-7-10(2)13(17-4)8-12(9)11(3)14-15-5-6-16-14/h5-8H,3H2,1-2,4H3,(H,15,16). The van der Waals surface area contributed by atoms with Gasteiger partial charge in [-0.15, -0.1) is 0 Å². The summed E-state index contributed by atoms with van der Waals surface area (Å²) in [6.45, 7) is 8.18. The Morgan fingerprint density at radius 3 is 2.65 bits per heavy atom. The highest BCUT2D eigenvalue weighted by atomic mass is 16.5. The van der Waals surface area contributed by atoms with Crippen molar-refractivity contribution in [2.24, 2.45) is 0 Å². The summed E-state index contributed by atoms with van der Waals surface area (Å²) in [5.41, 5.74) is 4.24. The molecule has 17 heavy (non-hydrogen) atoms. The van der Waals surface area contributed by atoms with Crippen molar-refractivity contribution in [2.75, 3.05) is 7.11 Å². The number of aryl methyl sites for hydroxylation is 2. The maximum absolute atomic E-state index is 5.34. The molecule has 0 saturated carbocycles. The Morgan fingerprint density at radius 2 is 2.06 bits per heavy atom. The average Bonchev–Trinajstić information content (AvgIpc) is 2.82. The number of imidazole rings is 1. The van der Waals surface area contributed by atoms with Crippen molar-refractivity contribution in [2.45, 2.75) is 13.8 Å². The van der Waals surface area contributed by atoms with Crippen molar-refractivity contribution in [1.29, 1.82) is 0 Å². The number of nitrogens with zero attached hydrogens (tertiary/aromatic N) is 1. The van der Waals surface area contributed by atoms with Gasteiger partial charge in [-0.25, -0.2) is 4.98 Å². The lowest BCUT2D eigenvalue weighted by molar-refractivity contribution is 0.411. The van der Waals surface area contributed by atoms with Gasteiger partial charge in [-0.1, -0.05) is 12.6 Å². The molecule has 1 N–H and O–H groups in total. The van der Waals surface area contributed by atoms with Crippen LogP contribution in [0.5, 0.6) is 5.75 Å². The second kappa shape index (κ2) is 4.45. The van der Waals surface area contributed by atoms with E-state index in [1.54, 1.807) is 19.5 Å². The van der Waals surface area contributed by atoms with Crippen LogP contribution in [0.2, 0.25) is 0 Å². The summed E-state index contributed by atoms with van der Waals surface area (Å²) in [6.07, 6.45) is 3.52. The lowest BCUT2D eigenvalue weighted by Gasteiger charge is -2.12. The number of hydrogen-bond acceptors (Lipinski definition) is 2. The van der Waals surface area contributed by atoms with E-state index in [0.29, 0.717) is 0 Å². The van der Waals surface area contributed by atoms with Crippen LogP contribution in [0.4, 0.5) is 0 Å². The largest absolute Gasteiger partial charge is 0.496 e. The number of nitrogens with one attached hydrogen (secondary N) is 1. The van der Waals surface area contributed by atoms with E-state index in [-0.39, 0.29) is 0 Å². The molecule has 0 unspecified atom stereocenters. The molecular formula is C14H16N2O. The van der Waals surface area contributed by atoms with E-state index in [9.17, 15) is 0 Å². The van der Waals surface area contributed by atoms with E-state index >= 15 is 0 Å². The lowest BCUT2D eigenvalue weighted by Crippen LogP contribution is -1.96. The number of hydrogen-bond donors (Lipinski definition) is 1. The summed E-state index contributed by atoms with van der Waals surface area (Å²) in [4.78, 5) is 7.28. The van der Waals surface area contributed by atoms with E-state index in [0.717, 1.165) is 28.3 Å². The molecule has 0 aliphatic rings. The first-order chi connectivity index (χ1) is 8.13. The van der Waals surface area contributed by atoms with E-state index in [1.165, 1.54) is 5.56 Å². The minimum absolute atomic E-state index is 0.791. The van der Waals surface area contributed by atoms with E-state index in [2.05, 4.69) is 29.5 Å². The molecule has 0 aliphatic carbocycles. The fourth-order valence-corrected chi connectivity index (χ4v) is 1.94. The summed E-state index contributed by atoms with van der Waals surface area (Å²) >= 11 is 0. The van der Waals surface area contributed by atoms with E-state index in [1.807, 2.05) is 13.0 Å². The zero-order valence-electron chi connectivity index (χ0n) is 10.4. The number of aromatic amines is 1. The van der Waals surface area contributed by atoms with Gasteiger partial charge < -0.3 is 9.72 Å². The van der Waals surface area contributed by atoms with Gasteiger partial charge in [0.1, 0.15) is 11.6 Å². The van der Waals surface area contributed by atoms with Gasteiger partial charge in [-0.2, -0.15) is 0 Å². The van der Waals surface area contributed by atoms with Crippen LogP contribution in [0.25, 0.3) is 5.57 Å². The van der Waals surface area contributed by atoms with Crippen molar-refractivity contribution in [1.82, 2.24) is 9.97 Å². The molecular weight excluding hydrogens is 212 g/mol. The van der Waals surface area contributed by atoms with Crippen LogP contribution < -0.4 is 4.74 Å². The highest BCUT2D eigenvalue weighted by Gasteiger charge is 2.10. The highest BCUT2D eigenvalue weighted by Crippen LogP contribution is 2.28. The molecule has 0 amide bonds. The molecule has 0 atom stereocenters. The van der Waals surface area contributed by atoms with Gasteiger partial charge in [0.15, 0.2) is 0 Å². The van der Waals surface area contributed by atoms with Crippen molar-refractivity contribution >= 4 is 5.57 Å². The molecule has 0 fully saturated rings. The fraction of sp³-hybridized carbons (Fsp3) is 0.214. The lowest BCUT2D eigenvalue weighted by atomic mass is 9.98. The van der Waals surface area contributed by atoms with E-state index in [4.69, 9.17) is 4.74 Å². The molecule has 1 heterocycles. The molecule has 1 aromatic carbocycles. The Bertz CT molecular complexity index is 542. The Labute approximate surface area is 101 Å². The SMILES string of the molecule is C=C(c1ncc[nH]1)c1cc(OC)c(C)cc1C. The van der Waals surface area contributed by atoms with Gasteiger partial charge in [0.25, 0.3) is 0 Å². The van der Waals surface area contributed by atoms with Crippen LogP contribution in [-0.2, 0) is 0 Å². The maximum Gasteiger partial charge on any atom is 0.137 e. The number of aromatic nitrogens is 2. The Kier molecular flexibility index (Phi) is 3.00. The summed E-state index contributed by atoms with van der Waals surface area (Å²) in [5.74, 6) is 1.66. The predicted octanol–water partition coefficient (Wildman–Crippen LogP) is 3.10. The number of benzene rings is 1. The Hall–Kier alpha value is -2.03. The molecule has 0 radical (unpaired) electrons. The maximum atomic E-state index is 5.34. The molecule has 0 bridgehead atoms. The normalized spacial score (nSPS) is 10.3. The van der Waals surface area contributed by atoms with Gasteiger partial charge in [0.2, 0.25) is 0 Å². The van der Waals surface area contributed by atoms with Gasteiger partial charge in [0, 0.05) is 18.0 Å². The minimum atomic E-state index is 0.791. The summed E-state index contributed by atoms with van der Waals surface area (Å²) in [6, 6.07) is 4.11. The molecule has 2 aromatic rings. The summed E-state index contributed by atoms with van der Waals surface area (Å²) in [7, 11) is 1.68. The Morgan fingerprint density at radius 1 is 1.29 bits per heavy atom. The molecule has 3 heteroatoms. The molecule has 0 saturated heterocycles. The third-order valence-electron chi connectivity index (χ3n) is 2.85. The summed E-state index contributed by atoms with van der Waals surface area (Å²) < 4.78 is 5.34. The molecule has 88 valence electrons. The zero-order valence-corrected chi connectivity index (χ0v) is 10.4. The number of rotatable bonds is 3. The van der Waals surface area contributed by atoms with Crippen LogP contribution in [0.15, 0.2) is 31.1 Å². The minimum Gasteiger partial charge on any atom is -0.496 e. The summed E-state index contributed by atoms with van der Waals surface area (Å²) in [5, 5.41) is 0. The Balaban J connectivity index is 2.49. The van der Waals surface area contributed by atoms with Crippen molar-refractivity contribution < 1.29 is 4.74 Å². The number of methoxy groups -OCH3 is 1. The first-order valence-electron chi connectivity index (χ1n) is 5.47. The van der Waals surface area contributed by atoms with Gasteiger partial charge in [0.05, 0.1) is 7.11 Å². The van der Waals surface area contributed by atoms with Crippen molar-refractivity contribution in [3.8, 4) is 5.75 Å². The van der Waals surface area contributed by atoms with Gasteiger partial charge in [-0.05, 0) is 36.6 Å². The first-order valence-corrected chi connectivity index (χ1v) is 5.47. The smallest absolute Gasteiger partial charge is 0.137 e. The number of H-pyrrole nitrogens is 1. The fourth-order valence-electron chi connectivity index (χ4n) is 1.94. The molecule has 1 aromatic heterocycles. The topological polar surface area (TPSA) is 37.9 Å². The van der Waals surface area contributed by atoms with Gasteiger partial charge >= 0.3 is 0 Å². The number of ether oxygens (including phenoxy) is 1. The van der Waals surface area contributed by atoms with Crippen LogP contribution >= 0.6 is 0 Å². The van der Waals surface area contributed by atoms with E-state index < -0.39 is 0 Å². The van der Waals surface area contributed by atoms with Crippen molar-refractivity contribution in [3.63, 3.8) is 0 Å². The van der Waals surface area contributed by atoms with Gasteiger partial charge in [-0.3, -0.25) is 0 Å². The monoisotopic (exact) mass is 228 g/mol. The average molecular weight is 228 g/mol. The second-order valence-corrected chi connectivity index (χ2v) is 4.05. The first kappa shape index (κ1) is 11.5. The predicted molar refractivity (Wildman–Crippen MR) is 69.2 cm³/mol. The van der Waals surface area contributed by atoms with Crippen molar-refractivity contribution in [3.05, 3.63) is 53.6 Å².